The van der Waals surface area contributed by atoms with E-state index in [9.17, 15) is 9.59 Å². The number of carbonyl (C=O) groups is 2. The number of methoxy groups -OCH3 is 1. The number of carbonyl (C=O) groups excluding carboxylic acids is 2. The van der Waals surface area contributed by atoms with Crippen LogP contribution in [0.2, 0.25) is 5.02 Å². The quantitative estimate of drug-likeness (QED) is 0.560. The van der Waals surface area contributed by atoms with E-state index in [1.54, 1.807) is 23.3 Å². The van der Waals surface area contributed by atoms with Crippen molar-refractivity contribution in [1.29, 1.82) is 0 Å². The highest BCUT2D eigenvalue weighted by molar-refractivity contribution is 7.22. The van der Waals surface area contributed by atoms with Crippen LogP contribution in [0, 0.1) is 12.8 Å². The van der Waals surface area contributed by atoms with Crippen LogP contribution in [0.5, 0.6) is 5.75 Å². The lowest BCUT2D eigenvalue weighted by atomic mass is 10.1. The first-order valence-electron chi connectivity index (χ1n) is 11.0. The second-order valence-electron chi connectivity index (χ2n) is 8.50. The molecular formula is C24H25ClN4O3S. The van der Waals surface area contributed by atoms with Gasteiger partial charge in [0.25, 0.3) is 0 Å². The van der Waals surface area contributed by atoms with Gasteiger partial charge in [0.1, 0.15) is 5.75 Å². The zero-order chi connectivity index (χ0) is 23.1. The van der Waals surface area contributed by atoms with Crippen LogP contribution in [0.4, 0.5) is 10.8 Å². The predicted octanol–water partition coefficient (Wildman–Crippen LogP) is 3.97. The number of ether oxygens (including phenoxy) is 1. The van der Waals surface area contributed by atoms with Crippen molar-refractivity contribution in [3.05, 3.63) is 47.0 Å². The lowest BCUT2D eigenvalue weighted by Gasteiger charge is -2.35. The number of aromatic nitrogens is 1. The van der Waals surface area contributed by atoms with Gasteiger partial charge in [-0.2, -0.15) is 0 Å². The van der Waals surface area contributed by atoms with Crippen molar-refractivity contribution in [2.75, 3.05) is 49.6 Å². The van der Waals surface area contributed by atoms with Crippen molar-refractivity contribution in [2.45, 2.75) is 13.3 Å². The molecule has 0 spiro atoms. The normalized spacial score (nSPS) is 18.9. The average Bonchev–Trinajstić information content (AvgIpc) is 3.41. The van der Waals surface area contributed by atoms with Crippen molar-refractivity contribution in [2.24, 2.45) is 5.92 Å². The van der Waals surface area contributed by atoms with Crippen molar-refractivity contribution in [3.63, 3.8) is 0 Å². The summed E-state index contributed by atoms with van der Waals surface area (Å²) >= 11 is 7.72. The number of fused-ring (bicyclic) bond motifs is 1. The van der Waals surface area contributed by atoms with Gasteiger partial charge in [0.15, 0.2) is 5.13 Å². The maximum absolute atomic E-state index is 13.2. The molecule has 2 saturated heterocycles. The van der Waals surface area contributed by atoms with Gasteiger partial charge in [-0.1, -0.05) is 29.0 Å². The summed E-state index contributed by atoms with van der Waals surface area (Å²) in [5.74, 6) is 0.323. The fraction of sp³-hybridized carbons (Fsp3) is 0.375. The number of thiazole rings is 1. The zero-order valence-corrected chi connectivity index (χ0v) is 20.2. The average molecular weight is 485 g/mol. The Balaban J connectivity index is 1.24. The number of halogens is 1. The Hall–Kier alpha value is -2.84. The van der Waals surface area contributed by atoms with Gasteiger partial charge in [-0.3, -0.25) is 9.59 Å². The summed E-state index contributed by atoms with van der Waals surface area (Å²) < 4.78 is 6.51. The predicted molar refractivity (Wildman–Crippen MR) is 132 cm³/mol. The molecule has 0 bridgehead atoms. The molecule has 7 nitrogen and oxygen atoms in total. The molecule has 33 heavy (non-hydrogen) atoms. The molecule has 0 aliphatic carbocycles. The van der Waals surface area contributed by atoms with E-state index in [1.807, 2.05) is 48.2 Å². The Kier molecular flexibility index (Phi) is 5.88. The topological polar surface area (TPSA) is 66.0 Å². The summed E-state index contributed by atoms with van der Waals surface area (Å²) in [6.07, 6.45) is 0.231. The van der Waals surface area contributed by atoms with Crippen molar-refractivity contribution in [1.82, 2.24) is 9.88 Å². The van der Waals surface area contributed by atoms with Crippen molar-refractivity contribution >= 4 is 55.8 Å². The molecule has 0 radical (unpaired) electrons. The molecule has 1 unspecified atom stereocenters. The summed E-state index contributed by atoms with van der Waals surface area (Å²) in [7, 11) is 1.59. The number of rotatable bonds is 4. The van der Waals surface area contributed by atoms with Crippen LogP contribution in [0.3, 0.4) is 0 Å². The van der Waals surface area contributed by atoms with E-state index < -0.39 is 0 Å². The number of nitrogens with zero attached hydrogens (tertiary/aromatic N) is 4. The lowest BCUT2D eigenvalue weighted by Crippen LogP contribution is -2.50. The van der Waals surface area contributed by atoms with Gasteiger partial charge < -0.3 is 19.4 Å². The summed E-state index contributed by atoms with van der Waals surface area (Å²) in [4.78, 5) is 36.5. The summed E-state index contributed by atoms with van der Waals surface area (Å²) in [6.45, 7) is 5.04. The number of amides is 2. The summed E-state index contributed by atoms with van der Waals surface area (Å²) in [6, 6.07) is 11.5. The van der Waals surface area contributed by atoms with Crippen LogP contribution in [0.25, 0.3) is 10.2 Å². The third kappa shape index (κ3) is 4.25. The molecule has 2 aliphatic heterocycles. The van der Waals surface area contributed by atoms with Crippen LogP contribution in [0.1, 0.15) is 12.0 Å². The number of aryl methyl sites for hydroxylation is 1. The van der Waals surface area contributed by atoms with E-state index in [-0.39, 0.29) is 24.2 Å². The Morgan fingerprint density at radius 2 is 1.94 bits per heavy atom. The van der Waals surface area contributed by atoms with Gasteiger partial charge in [0.2, 0.25) is 11.8 Å². The molecule has 2 fully saturated rings. The van der Waals surface area contributed by atoms with Gasteiger partial charge in [0, 0.05) is 44.2 Å². The summed E-state index contributed by atoms with van der Waals surface area (Å²) in [5.41, 5.74) is 2.72. The molecule has 172 valence electrons. The molecule has 3 aromatic rings. The smallest absolute Gasteiger partial charge is 0.228 e. The second-order valence-corrected chi connectivity index (χ2v) is 9.95. The molecule has 5 rings (SSSR count). The van der Waals surface area contributed by atoms with E-state index in [4.69, 9.17) is 21.3 Å². The minimum atomic E-state index is -0.334. The fourth-order valence-corrected chi connectivity index (χ4v) is 5.81. The number of piperazine rings is 1. The van der Waals surface area contributed by atoms with Gasteiger partial charge in [-0.25, -0.2) is 4.98 Å². The number of hydrogen-bond donors (Lipinski definition) is 0. The standard InChI is InChI=1S/C24H25ClN4O3S/c1-15-3-6-20(32-2)19(11-15)29-14-16(12-22(29)30)23(31)27-7-9-28(10-8-27)24-26-18-5-4-17(25)13-21(18)33-24/h3-6,11,13,16H,7-10,12,14H2,1-2H3. The van der Waals surface area contributed by atoms with Crippen molar-refractivity contribution < 1.29 is 14.3 Å². The van der Waals surface area contributed by atoms with Crippen molar-refractivity contribution in [3.8, 4) is 5.75 Å². The van der Waals surface area contributed by atoms with Gasteiger partial charge in [0.05, 0.1) is 28.9 Å². The number of anilines is 2. The molecule has 1 atom stereocenters. The van der Waals surface area contributed by atoms with Gasteiger partial charge >= 0.3 is 0 Å². The summed E-state index contributed by atoms with van der Waals surface area (Å²) in [5, 5.41) is 1.66. The third-order valence-electron chi connectivity index (χ3n) is 6.30. The highest BCUT2D eigenvalue weighted by Crippen LogP contribution is 2.35. The molecule has 2 aliphatic rings. The minimum absolute atomic E-state index is 0.0379. The first kappa shape index (κ1) is 22.0. The molecule has 0 saturated carbocycles. The van der Waals surface area contributed by atoms with E-state index in [1.165, 1.54) is 0 Å². The Bertz CT molecular complexity index is 1220. The van der Waals surface area contributed by atoms with E-state index in [2.05, 4.69) is 4.90 Å². The number of hydrogen-bond acceptors (Lipinski definition) is 6. The van der Waals surface area contributed by atoms with Crippen LogP contribution < -0.4 is 14.5 Å². The fourth-order valence-electron chi connectivity index (χ4n) is 4.51. The molecule has 1 aromatic heterocycles. The maximum atomic E-state index is 13.2. The molecule has 2 aromatic carbocycles. The van der Waals surface area contributed by atoms with E-state index in [0.717, 1.165) is 39.7 Å². The SMILES string of the molecule is COc1ccc(C)cc1N1CC(C(=O)N2CCN(c3nc4ccc(Cl)cc4s3)CC2)CC1=O. The Morgan fingerprint density at radius 1 is 1.15 bits per heavy atom. The first-order valence-corrected chi connectivity index (χ1v) is 12.2. The molecule has 3 heterocycles. The third-order valence-corrected chi connectivity index (χ3v) is 7.61. The lowest BCUT2D eigenvalue weighted by molar-refractivity contribution is -0.136. The van der Waals surface area contributed by atoms with Gasteiger partial charge in [-0.15, -0.1) is 0 Å². The molecule has 9 heteroatoms. The Labute approximate surface area is 201 Å². The highest BCUT2D eigenvalue weighted by Gasteiger charge is 2.39. The van der Waals surface area contributed by atoms with Crippen LogP contribution in [-0.2, 0) is 9.59 Å². The number of benzene rings is 2. The zero-order valence-electron chi connectivity index (χ0n) is 18.6. The Morgan fingerprint density at radius 3 is 2.70 bits per heavy atom. The molecule has 0 N–H and O–H groups in total. The van der Waals surface area contributed by atoms with E-state index in [0.29, 0.717) is 30.4 Å². The maximum Gasteiger partial charge on any atom is 0.228 e. The minimum Gasteiger partial charge on any atom is -0.495 e. The monoisotopic (exact) mass is 484 g/mol. The van der Waals surface area contributed by atoms with Gasteiger partial charge in [-0.05, 0) is 42.8 Å². The second kappa shape index (κ2) is 8.83. The highest BCUT2D eigenvalue weighted by atomic mass is 35.5. The molecular weight excluding hydrogens is 460 g/mol. The molecule has 2 amide bonds. The van der Waals surface area contributed by atoms with E-state index >= 15 is 0 Å². The largest absolute Gasteiger partial charge is 0.495 e. The van der Waals surface area contributed by atoms with Crippen LogP contribution >= 0.6 is 22.9 Å². The van der Waals surface area contributed by atoms with Crippen LogP contribution in [0.15, 0.2) is 36.4 Å². The first-order chi connectivity index (χ1) is 15.9. The van der Waals surface area contributed by atoms with Crippen LogP contribution in [-0.4, -0.2) is 61.5 Å².